The Kier molecular flexibility index (Phi) is 4.59. The molecule has 0 fully saturated rings. The Bertz CT molecular complexity index is 546. The number of benzene rings is 1. The van der Waals surface area contributed by atoms with E-state index in [2.05, 4.69) is 4.74 Å². The molecule has 0 amide bonds. The molecule has 9 nitrogen and oxygen atoms in total. The molecule has 0 N–H and O–H groups in total. The topological polar surface area (TPSA) is 122 Å². The number of halogens is 1. The van der Waals surface area contributed by atoms with Crippen molar-refractivity contribution in [2.75, 3.05) is 13.7 Å². The van der Waals surface area contributed by atoms with Gasteiger partial charge in [0.2, 0.25) is 5.75 Å². The number of nitro groups is 2. The van der Waals surface area contributed by atoms with Gasteiger partial charge in [-0.1, -0.05) is 11.6 Å². The summed E-state index contributed by atoms with van der Waals surface area (Å²) in [5.74, 6) is -1.20. The number of carbonyl (C=O) groups excluding carboxylic acids is 1. The maximum atomic E-state index is 10.9. The summed E-state index contributed by atoms with van der Waals surface area (Å²) in [4.78, 5) is 30.5. The second-order valence-corrected chi connectivity index (χ2v) is 3.56. The predicted molar refractivity (Wildman–Crippen MR) is 62.3 cm³/mol. The highest BCUT2D eigenvalue weighted by Crippen LogP contribution is 2.38. The van der Waals surface area contributed by atoms with Crippen LogP contribution in [0.4, 0.5) is 11.4 Å². The van der Waals surface area contributed by atoms with Gasteiger partial charge in [-0.15, -0.1) is 0 Å². The Balaban J connectivity index is 3.18. The van der Waals surface area contributed by atoms with Gasteiger partial charge in [0.1, 0.15) is 0 Å². The van der Waals surface area contributed by atoms with Gasteiger partial charge in [0.05, 0.1) is 28.0 Å². The number of ether oxygens (including phenoxy) is 2. The molecule has 1 aromatic carbocycles. The minimum Gasteiger partial charge on any atom is -0.474 e. The first-order valence-corrected chi connectivity index (χ1v) is 5.06. The summed E-state index contributed by atoms with van der Waals surface area (Å²) in [6.07, 6.45) is 0. The fourth-order valence-electron chi connectivity index (χ4n) is 1.14. The van der Waals surface area contributed by atoms with Crippen LogP contribution in [-0.4, -0.2) is 29.5 Å². The second kappa shape index (κ2) is 5.96. The van der Waals surface area contributed by atoms with E-state index in [1.54, 1.807) is 0 Å². The third-order valence-corrected chi connectivity index (χ3v) is 2.26. The average molecular weight is 291 g/mol. The third-order valence-electron chi connectivity index (χ3n) is 1.98. The van der Waals surface area contributed by atoms with Crippen LogP contribution >= 0.6 is 11.6 Å². The molecule has 0 bridgehead atoms. The maximum absolute atomic E-state index is 10.9. The van der Waals surface area contributed by atoms with E-state index in [-0.39, 0.29) is 5.02 Å². The molecule has 1 rings (SSSR count). The predicted octanol–water partition coefficient (Wildman–Crippen LogP) is 1.71. The van der Waals surface area contributed by atoms with Crippen LogP contribution in [0, 0.1) is 20.2 Å². The molecule has 0 aromatic heterocycles. The molecule has 0 radical (unpaired) electrons. The van der Waals surface area contributed by atoms with E-state index in [4.69, 9.17) is 16.3 Å². The van der Waals surface area contributed by atoms with Gasteiger partial charge in [0, 0.05) is 6.07 Å². The van der Waals surface area contributed by atoms with Crippen molar-refractivity contribution in [3.05, 3.63) is 37.4 Å². The highest BCUT2D eigenvalue weighted by atomic mass is 35.5. The Morgan fingerprint density at radius 2 is 1.95 bits per heavy atom. The molecule has 0 saturated heterocycles. The molecule has 0 atom stereocenters. The molecule has 19 heavy (non-hydrogen) atoms. The first-order chi connectivity index (χ1) is 8.86. The summed E-state index contributed by atoms with van der Waals surface area (Å²) in [6.45, 7) is -0.602. The van der Waals surface area contributed by atoms with Crippen LogP contribution in [0.15, 0.2) is 12.1 Å². The molecule has 10 heteroatoms. The van der Waals surface area contributed by atoms with Gasteiger partial charge in [-0.25, -0.2) is 4.79 Å². The molecule has 1 aromatic rings. The fraction of sp³-hybridized carbons (Fsp3) is 0.222. The summed E-state index contributed by atoms with van der Waals surface area (Å²) in [6, 6.07) is 1.58. The van der Waals surface area contributed by atoms with Gasteiger partial charge in [0.15, 0.2) is 6.61 Å². The van der Waals surface area contributed by atoms with Crippen LogP contribution in [0.1, 0.15) is 0 Å². The second-order valence-electron chi connectivity index (χ2n) is 3.15. The summed E-state index contributed by atoms with van der Waals surface area (Å²) < 4.78 is 9.13. The number of hydrogen-bond acceptors (Lipinski definition) is 7. The summed E-state index contributed by atoms with van der Waals surface area (Å²) in [5, 5.41) is 21.0. The Morgan fingerprint density at radius 1 is 1.32 bits per heavy atom. The van der Waals surface area contributed by atoms with Crippen molar-refractivity contribution in [1.29, 1.82) is 0 Å². The summed E-state index contributed by atoms with van der Waals surface area (Å²) in [7, 11) is 1.11. The minimum absolute atomic E-state index is 0.343. The monoisotopic (exact) mass is 290 g/mol. The first kappa shape index (κ1) is 14.6. The van der Waals surface area contributed by atoms with E-state index in [0.717, 1.165) is 13.2 Å². The third kappa shape index (κ3) is 3.52. The van der Waals surface area contributed by atoms with Gasteiger partial charge < -0.3 is 9.47 Å². The number of nitrogens with zero attached hydrogens (tertiary/aromatic N) is 2. The molecular formula is C9H7ClN2O7. The van der Waals surface area contributed by atoms with Crippen molar-refractivity contribution in [2.45, 2.75) is 0 Å². The zero-order valence-corrected chi connectivity index (χ0v) is 10.2. The first-order valence-electron chi connectivity index (χ1n) is 4.68. The van der Waals surface area contributed by atoms with Crippen molar-refractivity contribution >= 4 is 28.9 Å². The number of hydrogen-bond donors (Lipinski definition) is 0. The van der Waals surface area contributed by atoms with Gasteiger partial charge in [-0.3, -0.25) is 20.2 Å². The summed E-state index contributed by atoms with van der Waals surface area (Å²) in [5.41, 5.74) is -1.26. The quantitative estimate of drug-likeness (QED) is 0.459. The lowest BCUT2D eigenvalue weighted by Gasteiger charge is -2.07. The van der Waals surface area contributed by atoms with Crippen LogP contribution < -0.4 is 4.74 Å². The van der Waals surface area contributed by atoms with Crippen molar-refractivity contribution in [1.82, 2.24) is 0 Å². The molecular weight excluding hydrogens is 284 g/mol. The number of rotatable bonds is 5. The molecule has 0 aliphatic carbocycles. The van der Waals surface area contributed by atoms with Crippen LogP contribution in [-0.2, 0) is 9.53 Å². The van der Waals surface area contributed by atoms with Gasteiger partial charge in [0.25, 0.3) is 5.69 Å². The number of esters is 1. The molecule has 0 aliphatic heterocycles. The lowest BCUT2D eigenvalue weighted by atomic mass is 10.2. The summed E-state index contributed by atoms with van der Waals surface area (Å²) >= 11 is 5.66. The van der Waals surface area contributed by atoms with Crippen LogP contribution in [0.5, 0.6) is 5.75 Å². The Hall–Kier alpha value is -2.42. The lowest BCUT2D eigenvalue weighted by Crippen LogP contribution is -2.13. The molecule has 0 saturated carbocycles. The SMILES string of the molecule is COC(=O)COc1c(Cl)cc([N+](=O)[O-])cc1[N+](=O)[O-]. The Labute approximate surface area is 111 Å². The Morgan fingerprint density at radius 3 is 2.42 bits per heavy atom. The van der Waals surface area contributed by atoms with Crippen molar-refractivity contribution in [3.8, 4) is 5.75 Å². The standard InChI is InChI=1S/C9H7ClN2O7/c1-18-8(13)4-19-9-6(10)2-5(11(14)15)3-7(9)12(16)17/h2-3H,4H2,1H3. The van der Waals surface area contributed by atoms with E-state index in [9.17, 15) is 25.0 Å². The molecule has 0 heterocycles. The average Bonchev–Trinajstić information content (AvgIpc) is 2.35. The fourth-order valence-corrected chi connectivity index (χ4v) is 1.40. The number of methoxy groups -OCH3 is 1. The van der Waals surface area contributed by atoms with E-state index < -0.39 is 39.5 Å². The molecule has 102 valence electrons. The van der Waals surface area contributed by atoms with E-state index in [1.165, 1.54) is 0 Å². The largest absolute Gasteiger partial charge is 0.474 e. The highest BCUT2D eigenvalue weighted by molar-refractivity contribution is 6.32. The highest BCUT2D eigenvalue weighted by Gasteiger charge is 2.25. The number of nitro benzene ring substituents is 2. The van der Waals surface area contributed by atoms with Crippen molar-refractivity contribution in [3.63, 3.8) is 0 Å². The van der Waals surface area contributed by atoms with Crippen molar-refractivity contribution in [2.24, 2.45) is 0 Å². The van der Waals surface area contributed by atoms with E-state index in [0.29, 0.717) is 6.07 Å². The van der Waals surface area contributed by atoms with Gasteiger partial charge in [-0.05, 0) is 0 Å². The number of non-ortho nitro benzene ring substituents is 1. The van der Waals surface area contributed by atoms with Crippen LogP contribution in [0.25, 0.3) is 0 Å². The van der Waals surface area contributed by atoms with Gasteiger partial charge in [-0.2, -0.15) is 0 Å². The minimum atomic E-state index is -0.897. The van der Waals surface area contributed by atoms with Crippen LogP contribution in [0.3, 0.4) is 0 Å². The number of carbonyl (C=O) groups is 1. The van der Waals surface area contributed by atoms with E-state index in [1.807, 2.05) is 0 Å². The van der Waals surface area contributed by atoms with Crippen molar-refractivity contribution < 1.29 is 24.1 Å². The normalized spacial score (nSPS) is 9.79. The molecule has 0 unspecified atom stereocenters. The lowest BCUT2D eigenvalue weighted by molar-refractivity contribution is -0.394. The zero-order chi connectivity index (χ0) is 14.6. The van der Waals surface area contributed by atoms with Crippen LogP contribution in [0.2, 0.25) is 5.02 Å². The maximum Gasteiger partial charge on any atom is 0.343 e. The van der Waals surface area contributed by atoms with Gasteiger partial charge >= 0.3 is 11.7 Å². The smallest absolute Gasteiger partial charge is 0.343 e. The zero-order valence-electron chi connectivity index (χ0n) is 9.49. The van der Waals surface area contributed by atoms with E-state index >= 15 is 0 Å². The molecule has 0 aliphatic rings. The molecule has 0 spiro atoms.